The van der Waals surface area contributed by atoms with Gasteiger partial charge in [-0.25, -0.2) is 4.98 Å². The highest BCUT2D eigenvalue weighted by Gasteiger charge is 2.17. The summed E-state index contributed by atoms with van der Waals surface area (Å²) in [5.41, 5.74) is 2.84. The maximum atomic E-state index is 5.77. The van der Waals surface area contributed by atoms with Crippen molar-refractivity contribution < 1.29 is 14.2 Å². The molecule has 1 aromatic carbocycles. The van der Waals surface area contributed by atoms with Gasteiger partial charge in [-0.15, -0.1) is 0 Å². The Balaban J connectivity index is 1.76. The second kappa shape index (κ2) is 7.55. The topological polar surface area (TPSA) is 52.6 Å². The van der Waals surface area contributed by atoms with Gasteiger partial charge in [0.2, 0.25) is 5.88 Å². The molecular formula is C18H22N2O3. The molecular weight excluding hydrogens is 292 g/mol. The average Bonchev–Trinajstić information content (AvgIpc) is 2.55. The van der Waals surface area contributed by atoms with Crippen LogP contribution in [0.2, 0.25) is 0 Å². The Morgan fingerprint density at radius 1 is 1.17 bits per heavy atom. The summed E-state index contributed by atoms with van der Waals surface area (Å²) >= 11 is 0. The Kier molecular flexibility index (Phi) is 5.23. The van der Waals surface area contributed by atoms with Crippen LogP contribution in [0, 0.1) is 0 Å². The number of ether oxygens (including phenoxy) is 3. The van der Waals surface area contributed by atoms with Crippen LogP contribution in [-0.2, 0) is 9.47 Å². The van der Waals surface area contributed by atoms with Gasteiger partial charge in [0.1, 0.15) is 6.61 Å². The largest absolute Gasteiger partial charge is 0.476 e. The minimum atomic E-state index is -0.376. The molecule has 5 heteroatoms. The Morgan fingerprint density at radius 2 is 1.96 bits per heavy atom. The van der Waals surface area contributed by atoms with Crippen molar-refractivity contribution in [1.29, 1.82) is 0 Å². The highest BCUT2D eigenvalue weighted by molar-refractivity contribution is 5.60. The molecule has 122 valence electrons. The molecule has 0 amide bonds. The maximum absolute atomic E-state index is 5.77. The van der Waals surface area contributed by atoms with E-state index in [0.29, 0.717) is 18.5 Å². The van der Waals surface area contributed by atoms with Crippen LogP contribution >= 0.6 is 0 Å². The van der Waals surface area contributed by atoms with E-state index in [1.165, 1.54) is 0 Å². The normalized spacial score (nSPS) is 17.1. The third-order valence-corrected chi connectivity index (χ3v) is 3.96. The number of methoxy groups -OCH3 is 2. The van der Waals surface area contributed by atoms with E-state index in [2.05, 4.69) is 10.3 Å². The van der Waals surface area contributed by atoms with Gasteiger partial charge in [0.25, 0.3) is 0 Å². The van der Waals surface area contributed by atoms with E-state index < -0.39 is 0 Å². The lowest BCUT2D eigenvalue weighted by molar-refractivity contribution is -0.105. The zero-order valence-corrected chi connectivity index (χ0v) is 13.5. The second-order valence-corrected chi connectivity index (χ2v) is 5.54. The molecule has 0 spiro atoms. The lowest BCUT2D eigenvalue weighted by Gasteiger charge is -2.27. The first-order valence-corrected chi connectivity index (χ1v) is 7.79. The van der Waals surface area contributed by atoms with Crippen molar-refractivity contribution in [2.24, 2.45) is 0 Å². The van der Waals surface area contributed by atoms with E-state index in [1.807, 2.05) is 42.5 Å². The summed E-state index contributed by atoms with van der Waals surface area (Å²) in [6, 6.07) is 14.3. The fourth-order valence-electron chi connectivity index (χ4n) is 2.55. The summed E-state index contributed by atoms with van der Waals surface area (Å²) in [6.07, 6.45) is 0.788. The molecule has 1 saturated heterocycles. The predicted molar refractivity (Wildman–Crippen MR) is 88.3 cm³/mol. The van der Waals surface area contributed by atoms with Crippen molar-refractivity contribution in [2.75, 3.05) is 27.4 Å². The highest BCUT2D eigenvalue weighted by atomic mass is 16.7. The van der Waals surface area contributed by atoms with Gasteiger partial charge >= 0.3 is 0 Å². The molecule has 1 N–H and O–H groups in total. The van der Waals surface area contributed by atoms with Crippen molar-refractivity contribution in [3.05, 3.63) is 48.0 Å². The number of hydrogen-bond donors (Lipinski definition) is 1. The van der Waals surface area contributed by atoms with Crippen LogP contribution in [0.1, 0.15) is 18.3 Å². The van der Waals surface area contributed by atoms with Crippen molar-refractivity contribution in [1.82, 2.24) is 10.3 Å². The molecule has 1 fully saturated rings. The first-order chi connectivity index (χ1) is 11.3. The Labute approximate surface area is 136 Å². The Hall–Kier alpha value is -1.95. The monoisotopic (exact) mass is 314 g/mol. The smallest absolute Gasteiger partial charge is 0.213 e. The highest BCUT2D eigenvalue weighted by Crippen LogP contribution is 2.25. The minimum Gasteiger partial charge on any atom is -0.476 e. The first kappa shape index (κ1) is 15.9. The van der Waals surface area contributed by atoms with Crippen LogP contribution in [0.4, 0.5) is 0 Å². The van der Waals surface area contributed by atoms with E-state index in [4.69, 9.17) is 14.2 Å². The van der Waals surface area contributed by atoms with Crippen LogP contribution in [0.5, 0.6) is 5.88 Å². The minimum absolute atomic E-state index is 0.376. The van der Waals surface area contributed by atoms with Crippen molar-refractivity contribution in [2.45, 2.75) is 18.8 Å². The summed E-state index contributed by atoms with van der Waals surface area (Å²) in [7, 11) is 3.25. The standard InChI is InChI=1S/C18H22N2O3/c1-21-18(22-2)14-6-3-5-13(11-14)16-7-4-8-17(20-16)23-12-15-9-10-19-15/h3-8,11,15,18-19H,9-10,12H2,1-2H3/t15-/m1/s1. The third kappa shape index (κ3) is 3.88. The molecule has 5 nitrogen and oxygen atoms in total. The van der Waals surface area contributed by atoms with Crippen LogP contribution < -0.4 is 10.1 Å². The predicted octanol–water partition coefficient (Wildman–Crippen LogP) is 2.78. The molecule has 0 bridgehead atoms. The van der Waals surface area contributed by atoms with Gasteiger partial charge in [-0.05, 0) is 25.1 Å². The lowest BCUT2D eigenvalue weighted by atomic mass is 10.1. The molecule has 1 aliphatic heterocycles. The van der Waals surface area contributed by atoms with Gasteiger partial charge in [-0.1, -0.05) is 24.3 Å². The summed E-state index contributed by atoms with van der Waals surface area (Å²) in [4.78, 5) is 4.59. The zero-order valence-electron chi connectivity index (χ0n) is 13.5. The molecule has 2 heterocycles. The van der Waals surface area contributed by atoms with E-state index >= 15 is 0 Å². The van der Waals surface area contributed by atoms with Crippen LogP contribution in [0.3, 0.4) is 0 Å². The number of nitrogens with zero attached hydrogens (tertiary/aromatic N) is 1. The molecule has 3 rings (SSSR count). The van der Waals surface area contributed by atoms with Gasteiger partial charge in [0.15, 0.2) is 6.29 Å². The van der Waals surface area contributed by atoms with Gasteiger partial charge < -0.3 is 19.5 Å². The molecule has 1 atom stereocenters. The molecule has 0 saturated carbocycles. The second-order valence-electron chi connectivity index (χ2n) is 5.54. The molecule has 2 aromatic rings. The summed E-state index contributed by atoms with van der Waals surface area (Å²) in [6.45, 7) is 1.74. The van der Waals surface area contributed by atoms with E-state index in [0.717, 1.165) is 29.8 Å². The molecule has 1 aliphatic rings. The summed E-state index contributed by atoms with van der Waals surface area (Å²) in [5.74, 6) is 0.650. The Bertz CT molecular complexity index is 640. The summed E-state index contributed by atoms with van der Waals surface area (Å²) < 4.78 is 16.4. The number of rotatable bonds is 7. The van der Waals surface area contributed by atoms with Crippen LogP contribution in [0.15, 0.2) is 42.5 Å². The number of nitrogens with one attached hydrogen (secondary N) is 1. The lowest BCUT2D eigenvalue weighted by Crippen LogP contribution is -2.46. The SMILES string of the molecule is COC(OC)c1cccc(-c2cccc(OC[C@H]3CCN3)n2)c1. The maximum Gasteiger partial charge on any atom is 0.213 e. The van der Waals surface area contributed by atoms with Gasteiger partial charge in [0, 0.05) is 37.5 Å². The average molecular weight is 314 g/mol. The van der Waals surface area contributed by atoms with Gasteiger partial charge in [0.05, 0.1) is 5.69 Å². The quantitative estimate of drug-likeness (QED) is 0.797. The van der Waals surface area contributed by atoms with E-state index in [9.17, 15) is 0 Å². The number of pyridine rings is 1. The number of aromatic nitrogens is 1. The zero-order chi connectivity index (χ0) is 16.1. The fraction of sp³-hybridized carbons (Fsp3) is 0.389. The fourth-order valence-corrected chi connectivity index (χ4v) is 2.55. The van der Waals surface area contributed by atoms with Gasteiger partial charge in [-0.2, -0.15) is 0 Å². The van der Waals surface area contributed by atoms with E-state index in [-0.39, 0.29) is 6.29 Å². The molecule has 0 unspecified atom stereocenters. The van der Waals surface area contributed by atoms with Gasteiger partial charge in [-0.3, -0.25) is 0 Å². The molecule has 1 aromatic heterocycles. The molecule has 23 heavy (non-hydrogen) atoms. The third-order valence-electron chi connectivity index (χ3n) is 3.96. The number of hydrogen-bond acceptors (Lipinski definition) is 5. The summed E-state index contributed by atoms with van der Waals surface area (Å²) in [5, 5.41) is 3.31. The van der Waals surface area contributed by atoms with Crippen LogP contribution in [-0.4, -0.2) is 38.4 Å². The van der Waals surface area contributed by atoms with Crippen molar-refractivity contribution >= 4 is 0 Å². The van der Waals surface area contributed by atoms with Crippen molar-refractivity contribution in [3.8, 4) is 17.1 Å². The molecule has 0 radical (unpaired) electrons. The number of benzene rings is 1. The van der Waals surface area contributed by atoms with E-state index in [1.54, 1.807) is 14.2 Å². The van der Waals surface area contributed by atoms with Crippen LogP contribution in [0.25, 0.3) is 11.3 Å². The Morgan fingerprint density at radius 3 is 2.65 bits per heavy atom. The molecule has 0 aliphatic carbocycles. The van der Waals surface area contributed by atoms with Crippen molar-refractivity contribution in [3.63, 3.8) is 0 Å². The first-order valence-electron chi connectivity index (χ1n) is 7.79.